The monoisotopic (exact) mass is 202 g/mol. The summed E-state index contributed by atoms with van der Waals surface area (Å²) in [5, 5.41) is 2.82. The highest BCUT2D eigenvalue weighted by Crippen LogP contribution is 1.93. The van der Waals surface area contributed by atoms with Crippen molar-refractivity contribution in [1.29, 1.82) is 0 Å². The molecule has 3 nitrogen and oxygen atoms in total. The second kappa shape index (κ2) is 7.98. The SMILES string of the molecule is CCCCC(=O)NCCCC(N)=S. The van der Waals surface area contributed by atoms with Crippen LogP contribution in [0.3, 0.4) is 0 Å². The number of amides is 1. The molecule has 3 N–H and O–H groups in total. The highest BCUT2D eigenvalue weighted by atomic mass is 32.1. The fraction of sp³-hybridized carbons (Fsp3) is 0.778. The maximum atomic E-state index is 11.1. The van der Waals surface area contributed by atoms with Crippen LogP contribution in [0.5, 0.6) is 0 Å². The van der Waals surface area contributed by atoms with Gasteiger partial charge in [0.1, 0.15) is 0 Å². The van der Waals surface area contributed by atoms with Crippen molar-refractivity contribution in [3.8, 4) is 0 Å². The first-order valence-corrected chi connectivity index (χ1v) is 5.12. The Morgan fingerprint density at radius 2 is 2.08 bits per heavy atom. The predicted octanol–water partition coefficient (Wildman–Crippen LogP) is 1.36. The van der Waals surface area contributed by atoms with Crippen molar-refractivity contribution in [1.82, 2.24) is 5.32 Å². The van der Waals surface area contributed by atoms with Crippen LogP contribution in [0.1, 0.15) is 39.0 Å². The Morgan fingerprint density at radius 1 is 1.38 bits per heavy atom. The Morgan fingerprint density at radius 3 is 2.62 bits per heavy atom. The summed E-state index contributed by atoms with van der Waals surface area (Å²) < 4.78 is 0. The van der Waals surface area contributed by atoms with Gasteiger partial charge in [-0.3, -0.25) is 4.79 Å². The molecule has 0 rings (SSSR count). The first-order chi connectivity index (χ1) is 6.16. The largest absolute Gasteiger partial charge is 0.393 e. The van der Waals surface area contributed by atoms with E-state index in [4.69, 9.17) is 18.0 Å². The lowest BCUT2D eigenvalue weighted by molar-refractivity contribution is -0.121. The molecule has 0 fully saturated rings. The number of nitrogens with one attached hydrogen (secondary N) is 1. The Kier molecular flexibility index (Phi) is 7.59. The highest BCUT2D eigenvalue weighted by molar-refractivity contribution is 7.80. The molecule has 0 saturated heterocycles. The molecule has 0 saturated carbocycles. The molecule has 13 heavy (non-hydrogen) atoms. The summed E-state index contributed by atoms with van der Waals surface area (Å²) in [5.41, 5.74) is 5.31. The summed E-state index contributed by atoms with van der Waals surface area (Å²) in [6.07, 6.45) is 4.20. The zero-order valence-electron chi connectivity index (χ0n) is 8.14. The molecule has 0 spiro atoms. The molecule has 0 aromatic heterocycles. The van der Waals surface area contributed by atoms with Gasteiger partial charge in [0.25, 0.3) is 0 Å². The zero-order chi connectivity index (χ0) is 10.1. The quantitative estimate of drug-likeness (QED) is 0.484. The second-order valence-electron chi connectivity index (χ2n) is 3.02. The van der Waals surface area contributed by atoms with Crippen molar-refractivity contribution in [3.05, 3.63) is 0 Å². The summed E-state index contributed by atoms with van der Waals surface area (Å²) in [4.78, 5) is 11.6. The van der Waals surface area contributed by atoms with Crippen LogP contribution in [0, 0.1) is 0 Å². The average Bonchev–Trinajstić information content (AvgIpc) is 2.08. The molecule has 0 heterocycles. The predicted molar refractivity (Wildman–Crippen MR) is 58.6 cm³/mol. The van der Waals surface area contributed by atoms with Gasteiger partial charge in [0, 0.05) is 13.0 Å². The molecule has 0 aromatic rings. The lowest BCUT2D eigenvalue weighted by Crippen LogP contribution is -2.24. The molecule has 0 aliphatic heterocycles. The van der Waals surface area contributed by atoms with Gasteiger partial charge in [0.05, 0.1) is 4.99 Å². The van der Waals surface area contributed by atoms with Gasteiger partial charge in [0.15, 0.2) is 0 Å². The lowest BCUT2D eigenvalue weighted by Gasteiger charge is -2.03. The van der Waals surface area contributed by atoms with E-state index >= 15 is 0 Å². The van der Waals surface area contributed by atoms with Crippen LogP contribution in [-0.4, -0.2) is 17.4 Å². The van der Waals surface area contributed by atoms with Gasteiger partial charge in [-0.25, -0.2) is 0 Å². The number of hydrogen-bond acceptors (Lipinski definition) is 2. The first-order valence-electron chi connectivity index (χ1n) is 4.71. The molecule has 4 heteroatoms. The van der Waals surface area contributed by atoms with Gasteiger partial charge >= 0.3 is 0 Å². The van der Waals surface area contributed by atoms with Crippen molar-refractivity contribution in [2.45, 2.75) is 39.0 Å². The third kappa shape index (κ3) is 9.27. The molecule has 0 unspecified atom stereocenters. The molecule has 0 bridgehead atoms. The van der Waals surface area contributed by atoms with Crippen LogP contribution < -0.4 is 11.1 Å². The van der Waals surface area contributed by atoms with Crippen molar-refractivity contribution in [2.24, 2.45) is 5.73 Å². The average molecular weight is 202 g/mol. The maximum absolute atomic E-state index is 11.1. The highest BCUT2D eigenvalue weighted by Gasteiger charge is 1.98. The molecule has 0 aliphatic rings. The molecule has 0 aliphatic carbocycles. The maximum Gasteiger partial charge on any atom is 0.219 e. The molecule has 1 amide bonds. The molecular weight excluding hydrogens is 184 g/mol. The number of nitrogens with two attached hydrogens (primary N) is 1. The molecule has 76 valence electrons. The third-order valence-electron chi connectivity index (χ3n) is 1.68. The van der Waals surface area contributed by atoms with E-state index in [1.807, 2.05) is 0 Å². The number of rotatable bonds is 7. The summed E-state index contributed by atoms with van der Waals surface area (Å²) in [6, 6.07) is 0. The number of hydrogen-bond donors (Lipinski definition) is 2. The lowest BCUT2D eigenvalue weighted by atomic mass is 10.2. The van der Waals surface area contributed by atoms with Crippen LogP contribution in [0.4, 0.5) is 0 Å². The number of unbranched alkanes of at least 4 members (excludes halogenated alkanes) is 1. The normalized spacial score (nSPS) is 9.62. The van der Waals surface area contributed by atoms with Crippen molar-refractivity contribution in [2.75, 3.05) is 6.54 Å². The van der Waals surface area contributed by atoms with E-state index < -0.39 is 0 Å². The van der Waals surface area contributed by atoms with Gasteiger partial charge in [-0.1, -0.05) is 25.6 Å². The summed E-state index contributed by atoms with van der Waals surface area (Å²) >= 11 is 4.71. The van der Waals surface area contributed by atoms with Gasteiger partial charge < -0.3 is 11.1 Å². The van der Waals surface area contributed by atoms with Gasteiger partial charge in [-0.05, 0) is 19.3 Å². The third-order valence-corrected chi connectivity index (χ3v) is 1.88. The van der Waals surface area contributed by atoms with Gasteiger partial charge in [-0.15, -0.1) is 0 Å². The summed E-state index contributed by atoms with van der Waals surface area (Å²) in [7, 11) is 0. The van der Waals surface area contributed by atoms with Crippen LogP contribution >= 0.6 is 12.2 Å². The van der Waals surface area contributed by atoms with E-state index in [-0.39, 0.29) is 5.91 Å². The summed E-state index contributed by atoms with van der Waals surface area (Å²) in [6.45, 7) is 2.75. The fourth-order valence-electron chi connectivity index (χ4n) is 0.916. The smallest absolute Gasteiger partial charge is 0.219 e. The fourth-order valence-corrected chi connectivity index (χ4v) is 1.06. The Bertz CT molecular complexity index is 171. The van der Waals surface area contributed by atoms with Crippen LogP contribution in [-0.2, 0) is 4.79 Å². The van der Waals surface area contributed by atoms with Crippen LogP contribution in [0.15, 0.2) is 0 Å². The van der Waals surface area contributed by atoms with E-state index in [0.29, 0.717) is 24.4 Å². The zero-order valence-corrected chi connectivity index (χ0v) is 8.95. The topological polar surface area (TPSA) is 55.1 Å². The number of carbonyl (C=O) groups excluding carboxylic acids is 1. The molecular formula is C9H18N2OS. The summed E-state index contributed by atoms with van der Waals surface area (Å²) in [5.74, 6) is 0.129. The van der Waals surface area contributed by atoms with Crippen LogP contribution in [0.2, 0.25) is 0 Å². The standard InChI is InChI=1S/C9H18N2OS/c1-2-3-6-9(12)11-7-4-5-8(10)13/h2-7H2,1H3,(H2,10,13)(H,11,12). The van der Waals surface area contributed by atoms with E-state index in [9.17, 15) is 4.79 Å². The van der Waals surface area contributed by atoms with Gasteiger partial charge in [0.2, 0.25) is 5.91 Å². The van der Waals surface area contributed by atoms with E-state index in [1.54, 1.807) is 0 Å². The number of carbonyl (C=O) groups is 1. The second-order valence-corrected chi connectivity index (χ2v) is 3.55. The molecule has 0 aromatic carbocycles. The minimum absolute atomic E-state index is 0.129. The molecule has 0 radical (unpaired) electrons. The van der Waals surface area contributed by atoms with Crippen molar-refractivity contribution < 1.29 is 4.79 Å². The minimum atomic E-state index is 0.129. The van der Waals surface area contributed by atoms with E-state index in [0.717, 1.165) is 19.3 Å². The minimum Gasteiger partial charge on any atom is -0.393 e. The Balaban J connectivity index is 3.22. The number of thiocarbonyl (C=S) groups is 1. The first kappa shape index (κ1) is 12.4. The molecule has 0 atom stereocenters. The van der Waals surface area contributed by atoms with Crippen molar-refractivity contribution >= 4 is 23.1 Å². The van der Waals surface area contributed by atoms with Gasteiger partial charge in [-0.2, -0.15) is 0 Å². The Labute approximate surface area is 85.1 Å². The van der Waals surface area contributed by atoms with E-state index in [1.165, 1.54) is 0 Å². The van der Waals surface area contributed by atoms with Crippen molar-refractivity contribution in [3.63, 3.8) is 0 Å². The van der Waals surface area contributed by atoms with E-state index in [2.05, 4.69) is 12.2 Å². The van der Waals surface area contributed by atoms with Crippen LogP contribution in [0.25, 0.3) is 0 Å². The Hall–Kier alpha value is -0.640.